The molecule has 3 saturated heterocycles. The van der Waals surface area contributed by atoms with E-state index in [1.807, 2.05) is 0 Å². The molecule has 0 unspecified atom stereocenters. The topological polar surface area (TPSA) is 13.0 Å². The van der Waals surface area contributed by atoms with Gasteiger partial charge in [0.2, 0.25) is 0 Å². The predicted molar refractivity (Wildman–Crippen MR) is 114 cm³/mol. The lowest BCUT2D eigenvalue weighted by Gasteiger charge is -2.56. The van der Waals surface area contributed by atoms with Gasteiger partial charge in [-0.2, -0.15) is 0 Å². The van der Waals surface area contributed by atoms with Gasteiger partial charge in [0.05, 0.1) is 0 Å². The van der Waals surface area contributed by atoms with Crippen molar-refractivity contribution in [2.24, 2.45) is 11.3 Å². The number of nitrogens with zero attached hydrogens (tertiary/aromatic N) is 4. The minimum Gasteiger partial charge on any atom is -0.302 e. The van der Waals surface area contributed by atoms with E-state index in [1.54, 1.807) is 0 Å². The van der Waals surface area contributed by atoms with E-state index in [-0.39, 0.29) is 0 Å². The van der Waals surface area contributed by atoms with Gasteiger partial charge in [-0.1, -0.05) is 6.92 Å². The van der Waals surface area contributed by atoms with Gasteiger partial charge in [0.25, 0.3) is 0 Å². The van der Waals surface area contributed by atoms with E-state index < -0.39 is 0 Å². The predicted octanol–water partition coefficient (Wildman–Crippen LogP) is 2.99. The fourth-order valence-corrected chi connectivity index (χ4v) is 6.39. The number of hydrogen-bond donors (Lipinski definition) is 0. The minimum atomic E-state index is 0.709. The molecule has 156 valence electrons. The number of piperazine rings is 1. The molecule has 0 aromatic carbocycles. The molecule has 0 aromatic rings. The highest BCUT2D eigenvalue weighted by atomic mass is 15.3. The smallest absolute Gasteiger partial charge is 0.0113 e. The summed E-state index contributed by atoms with van der Waals surface area (Å²) >= 11 is 0. The highest BCUT2D eigenvalue weighted by molar-refractivity contribution is 5.00. The summed E-state index contributed by atoms with van der Waals surface area (Å²) in [5.74, 6) is 0.962. The van der Waals surface area contributed by atoms with Crippen LogP contribution in [0.5, 0.6) is 0 Å². The van der Waals surface area contributed by atoms with Gasteiger partial charge >= 0.3 is 0 Å². The molecule has 0 atom stereocenters. The molecule has 0 amide bonds. The van der Waals surface area contributed by atoms with Crippen LogP contribution < -0.4 is 0 Å². The van der Waals surface area contributed by atoms with Crippen molar-refractivity contribution in [3.8, 4) is 0 Å². The zero-order chi connectivity index (χ0) is 18.9. The Morgan fingerprint density at radius 1 is 0.815 bits per heavy atom. The average molecular weight is 377 g/mol. The second kappa shape index (κ2) is 8.69. The molecule has 4 heteroatoms. The SMILES string of the molecule is CCN1CCN(C2CCC3(CC2)CN(CC2CCN(C(C)C)CC2)C3)CC1. The first-order valence-electron chi connectivity index (χ1n) is 12.0. The molecule has 3 heterocycles. The third-order valence-electron chi connectivity index (χ3n) is 8.40. The highest BCUT2D eigenvalue weighted by Gasteiger charge is 2.46. The summed E-state index contributed by atoms with van der Waals surface area (Å²) in [4.78, 5) is 10.9. The Hall–Kier alpha value is -0.160. The van der Waals surface area contributed by atoms with Crippen LogP contribution in [0.4, 0.5) is 0 Å². The summed E-state index contributed by atoms with van der Waals surface area (Å²) in [5.41, 5.74) is 0.709. The van der Waals surface area contributed by atoms with Crippen LogP contribution in [0.25, 0.3) is 0 Å². The second-order valence-electron chi connectivity index (χ2n) is 10.4. The van der Waals surface area contributed by atoms with Crippen LogP contribution in [0.3, 0.4) is 0 Å². The van der Waals surface area contributed by atoms with Crippen molar-refractivity contribution >= 4 is 0 Å². The summed E-state index contributed by atoms with van der Waals surface area (Å²) in [5, 5.41) is 0. The zero-order valence-corrected chi connectivity index (χ0v) is 18.3. The van der Waals surface area contributed by atoms with E-state index in [9.17, 15) is 0 Å². The minimum absolute atomic E-state index is 0.709. The fraction of sp³-hybridized carbons (Fsp3) is 1.00. The largest absolute Gasteiger partial charge is 0.302 e. The van der Waals surface area contributed by atoms with Crippen LogP contribution in [0, 0.1) is 11.3 Å². The van der Waals surface area contributed by atoms with Gasteiger partial charge < -0.3 is 14.7 Å². The van der Waals surface area contributed by atoms with Crippen molar-refractivity contribution in [2.45, 2.75) is 71.4 Å². The van der Waals surface area contributed by atoms with Gasteiger partial charge in [0.1, 0.15) is 0 Å². The lowest BCUT2D eigenvalue weighted by atomic mass is 9.67. The van der Waals surface area contributed by atoms with Gasteiger partial charge in [-0.25, -0.2) is 0 Å². The molecule has 4 aliphatic rings. The number of hydrogen-bond acceptors (Lipinski definition) is 4. The van der Waals surface area contributed by atoms with Crippen molar-refractivity contribution in [3.05, 3.63) is 0 Å². The number of likely N-dealkylation sites (tertiary alicyclic amines) is 2. The molecular formula is C23H44N4. The third kappa shape index (κ3) is 4.71. The maximum atomic E-state index is 2.82. The van der Waals surface area contributed by atoms with E-state index >= 15 is 0 Å². The molecule has 3 aliphatic heterocycles. The van der Waals surface area contributed by atoms with Crippen molar-refractivity contribution in [1.82, 2.24) is 19.6 Å². The third-order valence-corrected chi connectivity index (χ3v) is 8.40. The standard InChI is InChI=1S/C23H44N4/c1-4-24-13-15-27(16-14-24)22-5-9-23(10-6-22)18-25(19-23)17-21-7-11-26(12-8-21)20(2)3/h20-22H,4-19H2,1-3H3. The van der Waals surface area contributed by atoms with Gasteiger partial charge in [0.15, 0.2) is 0 Å². The molecule has 1 spiro atoms. The Kier molecular flexibility index (Phi) is 6.48. The first-order valence-corrected chi connectivity index (χ1v) is 12.0. The summed E-state index contributed by atoms with van der Waals surface area (Å²) in [7, 11) is 0. The molecule has 0 aromatic heterocycles. The quantitative estimate of drug-likeness (QED) is 0.731. The van der Waals surface area contributed by atoms with Crippen LogP contribution in [-0.4, -0.2) is 97.1 Å². The number of likely N-dealkylation sites (N-methyl/N-ethyl adjacent to an activating group) is 1. The van der Waals surface area contributed by atoms with E-state index in [0.717, 1.165) is 18.0 Å². The normalized spacial score (nSPS) is 30.2. The Morgan fingerprint density at radius 2 is 1.44 bits per heavy atom. The van der Waals surface area contributed by atoms with Crippen LogP contribution in [-0.2, 0) is 0 Å². The van der Waals surface area contributed by atoms with Gasteiger partial charge in [-0.05, 0) is 83.3 Å². The lowest BCUT2D eigenvalue weighted by Crippen LogP contribution is -2.60. The van der Waals surface area contributed by atoms with Gasteiger partial charge in [-0.15, -0.1) is 0 Å². The van der Waals surface area contributed by atoms with Crippen LogP contribution in [0.15, 0.2) is 0 Å². The molecule has 0 bridgehead atoms. The van der Waals surface area contributed by atoms with Gasteiger partial charge in [-0.3, -0.25) is 4.90 Å². The summed E-state index contributed by atoms with van der Waals surface area (Å²) in [6.45, 7) is 20.3. The van der Waals surface area contributed by atoms with Crippen molar-refractivity contribution < 1.29 is 0 Å². The van der Waals surface area contributed by atoms with Crippen LogP contribution in [0.1, 0.15) is 59.3 Å². The Balaban J connectivity index is 1.14. The van der Waals surface area contributed by atoms with E-state index in [2.05, 4.69) is 40.4 Å². The molecule has 1 aliphatic carbocycles. The van der Waals surface area contributed by atoms with Crippen LogP contribution in [0.2, 0.25) is 0 Å². The first kappa shape index (κ1) is 20.1. The Labute approximate surface area is 168 Å². The van der Waals surface area contributed by atoms with E-state index in [0.29, 0.717) is 5.41 Å². The van der Waals surface area contributed by atoms with Crippen molar-refractivity contribution in [1.29, 1.82) is 0 Å². The highest BCUT2D eigenvalue weighted by Crippen LogP contribution is 2.45. The maximum Gasteiger partial charge on any atom is 0.0113 e. The Bertz CT molecular complexity index is 447. The monoisotopic (exact) mass is 376 g/mol. The molecule has 4 nitrogen and oxygen atoms in total. The van der Waals surface area contributed by atoms with E-state index in [1.165, 1.54) is 104 Å². The van der Waals surface area contributed by atoms with Gasteiger partial charge in [0, 0.05) is 57.9 Å². The zero-order valence-electron chi connectivity index (χ0n) is 18.3. The first-order chi connectivity index (χ1) is 13.1. The lowest BCUT2D eigenvalue weighted by molar-refractivity contribution is -0.0592. The fourth-order valence-electron chi connectivity index (χ4n) is 6.39. The number of rotatable bonds is 5. The number of piperidine rings is 1. The van der Waals surface area contributed by atoms with Crippen molar-refractivity contribution in [3.63, 3.8) is 0 Å². The molecular weight excluding hydrogens is 332 g/mol. The maximum absolute atomic E-state index is 2.82. The molecule has 4 fully saturated rings. The van der Waals surface area contributed by atoms with Crippen LogP contribution >= 0.6 is 0 Å². The second-order valence-corrected chi connectivity index (χ2v) is 10.4. The summed E-state index contributed by atoms with van der Waals surface area (Å²) in [6, 6.07) is 1.63. The average Bonchev–Trinajstić information content (AvgIpc) is 2.68. The molecule has 27 heavy (non-hydrogen) atoms. The van der Waals surface area contributed by atoms with E-state index in [4.69, 9.17) is 0 Å². The summed E-state index contributed by atoms with van der Waals surface area (Å²) in [6.07, 6.45) is 8.77. The molecule has 4 rings (SSSR count). The molecule has 1 saturated carbocycles. The molecule has 0 N–H and O–H groups in total. The summed E-state index contributed by atoms with van der Waals surface area (Å²) < 4.78 is 0. The molecule has 0 radical (unpaired) electrons. The van der Waals surface area contributed by atoms with Crippen molar-refractivity contribution in [2.75, 3.05) is 65.4 Å². The Morgan fingerprint density at radius 3 is 2.00 bits per heavy atom.